The predicted octanol–water partition coefficient (Wildman–Crippen LogP) is 3.20. The average Bonchev–Trinajstić information content (AvgIpc) is 3.07. The molecule has 1 amide bonds. The minimum Gasteiger partial charge on any atom is -0.465 e. The highest BCUT2D eigenvalue weighted by atomic mass is 16.6. The van der Waals surface area contributed by atoms with Gasteiger partial charge in [0.2, 0.25) is 0 Å². The van der Waals surface area contributed by atoms with Crippen LogP contribution in [0.1, 0.15) is 48.7 Å². The Labute approximate surface area is 142 Å². The number of nitrogens with zero attached hydrogens (tertiary/aromatic N) is 1. The van der Waals surface area contributed by atoms with E-state index in [4.69, 9.17) is 9.47 Å². The third kappa shape index (κ3) is 3.25. The van der Waals surface area contributed by atoms with Gasteiger partial charge in [-0.15, -0.1) is 0 Å². The summed E-state index contributed by atoms with van der Waals surface area (Å²) in [5.74, 6) is -0.305. The normalized spacial score (nSPS) is 22.6. The average molecular weight is 331 g/mol. The maximum absolute atomic E-state index is 12.3. The number of methoxy groups -OCH3 is 1. The standard InChI is InChI=1S/C19H25NO4/c1-18(2,3)24-17(22)20-8-7-19(12-20)10-14-6-5-13(16(21)23-4)9-15(14)11-19/h5-6,9H,7-8,10-12H2,1-4H3. The Hall–Kier alpha value is -2.04. The summed E-state index contributed by atoms with van der Waals surface area (Å²) in [6.45, 7) is 7.10. The summed E-state index contributed by atoms with van der Waals surface area (Å²) in [5.41, 5.74) is 2.67. The van der Waals surface area contributed by atoms with Crippen LogP contribution in [0.25, 0.3) is 0 Å². The molecule has 1 aromatic rings. The lowest BCUT2D eigenvalue weighted by Crippen LogP contribution is -2.37. The molecule has 0 N–H and O–H groups in total. The molecule has 0 aromatic heterocycles. The maximum atomic E-state index is 12.3. The fourth-order valence-corrected chi connectivity index (χ4v) is 3.78. The Morgan fingerprint density at radius 1 is 1.17 bits per heavy atom. The van der Waals surface area contributed by atoms with Crippen LogP contribution in [0.3, 0.4) is 0 Å². The Morgan fingerprint density at radius 2 is 1.88 bits per heavy atom. The molecular weight excluding hydrogens is 306 g/mol. The first kappa shape index (κ1) is 16.8. The third-order valence-corrected chi connectivity index (χ3v) is 4.85. The number of rotatable bonds is 1. The Morgan fingerprint density at radius 3 is 2.54 bits per heavy atom. The van der Waals surface area contributed by atoms with Gasteiger partial charge in [-0.1, -0.05) is 6.07 Å². The zero-order valence-corrected chi connectivity index (χ0v) is 14.8. The van der Waals surface area contributed by atoms with Gasteiger partial charge in [-0.2, -0.15) is 0 Å². The number of fused-ring (bicyclic) bond motifs is 1. The van der Waals surface area contributed by atoms with Crippen molar-refractivity contribution in [3.63, 3.8) is 0 Å². The van der Waals surface area contributed by atoms with Crippen LogP contribution in [0.2, 0.25) is 0 Å². The Bertz CT molecular complexity index is 676. The number of benzene rings is 1. The van der Waals surface area contributed by atoms with E-state index in [1.54, 1.807) is 0 Å². The number of amides is 1. The summed E-state index contributed by atoms with van der Waals surface area (Å²) in [6, 6.07) is 5.78. The second-order valence-electron chi connectivity index (χ2n) is 7.98. The monoisotopic (exact) mass is 331 g/mol. The van der Waals surface area contributed by atoms with Crippen molar-refractivity contribution < 1.29 is 19.1 Å². The van der Waals surface area contributed by atoms with Crippen molar-refractivity contribution in [2.75, 3.05) is 20.2 Å². The van der Waals surface area contributed by atoms with Crippen LogP contribution in [-0.2, 0) is 22.3 Å². The molecule has 130 valence electrons. The number of likely N-dealkylation sites (tertiary alicyclic amines) is 1. The minimum absolute atomic E-state index is 0.0774. The lowest BCUT2D eigenvalue weighted by atomic mass is 9.84. The highest BCUT2D eigenvalue weighted by Gasteiger charge is 2.45. The number of carbonyl (C=O) groups is 2. The molecule has 1 atom stereocenters. The van der Waals surface area contributed by atoms with Gasteiger partial charge in [0.15, 0.2) is 0 Å². The summed E-state index contributed by atoms with van der Waals surface area (Å²) < 4.78 is 10.3. The fourth-order valence-electron chi connectivity index (χ4n) is 3.78. The summed E-state index contributed by atoms with van der Waals surface area (Å²) in [4.78, 5) is 25.8. The van der Waals surface area contributed by atoms with E-state index in [-0.39, 0.29) is 17.5 Å². The summed E-state index contributed by atoms with van der Waals surface area (Å²) >= 11 is 0. The third-order valence-electron chi connectivity index (χ3n) is 4.85. The molecular formula is C19H25NO4. The van der Waals surface area contributed by atoms with Crippen LogP contribution < -0.4 is 0 Å². The number of esters is 1. The summed E-state index contributed by atoms with van der Waals surface area (Å²) in [6.07, 6.45) is 2.58. The number of hydrogen-bond acceptors (Lipinski definition) is 4. The van der Waals surface area contributed by atoms with Crippen molar-refractivity contribution in [3.8, 4) is 0 Å². The van der Waals surface area contributed by atoms with Gasteiger partial charge >= 0.3 is 12.1 Å². The number of carbonyl (C=O) groups excluding carboxylic acids is 2. The van der Waals surface area contributed by atoms with E-state index in [1.807, 2.05) is 43.9 Å². The fraction of sp³-hybridized carbons (Fsp3) is 0.579. The second kappa shape index (κ2) is 5.80. The molecule has 5 nitrogen and oxygen atoms in total. The molecule has 24 heavy (non-hydrogen) atoms. The molecule has 1 saturated heterocycles. The van der Waals surface area contributed by atoms with Crippen molar-refractivity contribution in [1.29, 1.82) is 0 Å². The van der Waals surface area contributed by atoms with E-state index >= 15 is 0 Å². The van der Waals surface area contributed by atoms with Gasteiger partial charge in [-0.25, -0.2) is 9.59 Å². The smallest absolute Gasteiger partial charge is 0.410 e. The Balaban J connectivity index is 1.71. The van der Waals surface area contributed by atoms with Crippen LogP contribution in [0.15, 0.2) is 18.2 Å². The van der Waals surface area contributed by atoms with Crippen LogP contribution in [-0.4, -0.2) is 42.8 Å². The minimum atomic E-state index is -0.471. The van der Waals surface area contributed by atoms with E-state index in [9.17, 15) is 9.59 Å². The predicted molar refractivity (Wildman–Crippen MR) is 90.0 cm³/mol. The molecule has 1 aromatic carbocycles. The molecule has 5 heteroatoms. The molecule has 2 aliphatic rings. The molecule has 1 heterocycles. The summed E-state index contributed by atoms with van der Waals surface area (Å²) in [7, 11) is 1.40. The van der Waals surface area contributed by atoms with Crippen LogP contribution in [0.5, 0.6) is 0 Å². The molecule has 1 aliphatic heterocycles. The van der Waals surface area contributed by atoms with Crippen molar-refractivity contribution in [3.05, 3.63) is 34.9 Å². The molecule has 1 aliphatic carbocycles. The van der Waals surface area contributed by atoms with Crippen LogP contribution in [0, 0.1) is 5.41 Å². The first-order valence-corrected chi connectivity index (χ1v) is 8.39. The van der Waals surface area contributed by atoms with Crippen molar-refractivity contribution >= 4 is 12.1 Å². The number of ether oxygens (including phenoxy) is 2. The van der Waals surface area contributed by atoms with E-state index in [2.05, 4.69) is 0 Å². The van der Waals surface area contributed by atoms with Crippen LogP contribution >= 0.6 is 0 Å². The lowest BCUT2D eigenvalue weighted by molar-refractivity contribution is 0.0274. The van der Waals surface area contributed by atoms with Crippen molar-refractivity contribution in [2.24, 2.45) is 5.41 Å². The van der Waals surface area contributed by atoms with Gasteiger partial charge in [0.25, 0.3) is 0 Å². The van der Waals surface area contributed by atoms with E-state index in [0.29, 0.717) is 12.1 Å². The van der Waals surface area contributed by atoms with E-state index < -0.39 is 5.60 Å². The SMILES string of the molecule is COC(=O)c1ccc2c(c1)CC1(CCN(C(=O)OC(C)(C)C)C1)C2. The van der Waals surface area contributed by atoms with Gasteiger partial charge in [0, 0.05) is 13.1 Å². The maximum Gasteiger partial charge on any atom is 0.410 e. The molecule has 0 saturated carbocycles. The van der Waals surface area contributed by atoms with E-state index in [1.165, 1.54) is 18.2 Å². The van der Waals surface area contributed by atoms with Gasteiger partial charge in [-0.3, -0.25) is 0 Å². The van der Waals surface area contributed by atoms with E-state index in [0.717, 1.165) is 25.8 Å². The lowest BCUT2D eigenvalue weighted by Gasteiger charge is -2.26. The van der Waals surface area contributed by atoms with Gasteiger partial charge in [-0.05, 0) is 68.7 Å². The van der Waals surface area contributed by atoms with Crippen LogP contribution in [0.4, 0.5) is 4.79 Å². The molecule has 1 fully saturated rings. The zero-order valence-electron chi connectivity index (χ0n) is 14.8. The zero-order chi connectivity index (χ0) is 17.5. The van der Waals surface area contributed by atoms with Gasteiger partial charge < -0.3 is 14.4 Å². The molecule has 1 unspecified atom stereocenters. The van der Waals surface area contributed by atoms with Gasteiger partial charge in [0.05, 0.1) is 12.7 Å². The molecule has 0 bridgehead atoms. The quantitative estimate of drug-likeness (QED) is 0.742. The highest BCUT2D eigenvalue weighted by Crippen LogP contribution is 2.44. The first-order valence-electron chi connectivity index (χ1n) is 8.39. The number of hydrogen-bond donors (Lipinski definition) is 0. The van der Waals surface area contributed by atoms with Crippen molar-refractivity contribution in [1.82, 2.24) is 4.90 Å². The topological polar surface area (TPSA) is 55.8 Å². The van der Waals surface area contributed by atoms with Crippen molar-refractivity contribution in [2.45, 2.75) is 45.6 Å². The largest absolute Gasteiger partial charge is 0.465 e. The summed E-state index contributed by atoms with van der Waals surface area (Å²) in [5, 5.41) is 0. The molecule has 0 radical (unpaired) electrons. The first-order chi connectivity index (χ1) is 11.2. The highest BCUT2D eigenvalue weighted by molar-refractivity contribution is 5.89. The molecule has 1 spiro atoms. The van der Waals surface area contributed by atoms with Gasteiger partial charge in [0.1, 0.15) is 5.60 Å². The Kier molecular flexibility index (Phi) is 4.06. The second-order valence-corrected chi connectivity index (χ2v) is 7.98. The molecule has 3 rings (SSSR count).